The molecule has 1 atom stereocenters. The molecule has 1 saturated heterocycles. The van der Waals surface area contributed by atoms with Crippen molar-refractivity contribution in [3.8, 4) is 0 Å². The van der Waals surface area contributed by atoms with Crippen molar-refractivity contribution in [3.05, 3.63) is 33.4 Å². The summed E-state index contributed by atoms with van der Waals surface area (Å²) in [5.74, 6) is -1.76. The van der Waals surface area contributed by atoms with E-state index in [1.54, 1.807) is 31.2 Å². The first-order valence-electron chi connectivity index (χ1n) is 8.22. The highest BCUT2D eigenvalue weighted by atomic mass is 127. The fourth-order valence-electron chi connectivity index (χ4n) is 2.86. The molecule has 7 heteroatoms. The van der Waals surface area contributed by atoms with Gasteiger partial charge in [-0.3, -0.25) is 19.7 Å². The van der Waals surface area contributed by atoms with Gasteiger partial charge in [-0.1, -0.05) is 26.8 Å². The third-order valence-electron chi connectivity index (χ3n) is 4.50. The molecule has 5 amide bonds. The zero-order valence-electron chi connectivity index (χ0n) is 14.5. The molecule has 0 spiro atoms. The SMILES string of the molecule is CCC1(CCC(C)C)C(=O)NC(=O)N(C(=O)c2cccc(I)c2)C1=O. The van der Waals surface area contributed by atoms with Crippen molar-refractivity contribution in [1.82, 2.24) is 10.2 Å². The molecule has 134 valence electrons. The van der Waals surface area contributed by atoms with Crippen molar-refractivity contribution in [1.29, 1.82) is 0 Å². The Morgan fingerprint density at radius 3 is 2.52 bits per heavy atom. The Labute approximate surface area is 160 Å². The molecule has 0 aliphatic carbocycles. The lowest BCUT2D eigenvalue weighted by molar-refractivity contribution is -0.150. The number of nitrogens with one attached hydrogen (secondary N) is 1. The van der Waals surface area contributed by atoms with Gasteiger partial charge in [0.2, 0.25) is 5.91 Å². The van der Waals surface area contributed by atoms with E-state index >= 15 is 0 Å². The average Bonchev–Trinajstić information content (AvgIpc) is 2.54. The minimum atomic E-state index is -1.38. The number of carbonyl (C=O) groups excluding carboxylic acids is 4. The van der Waals surface area contributed by atoms with E-state index in [9.17, 15) is 19.2 Å². The van der Waals surface area contributed by atoms with Gasteiger partial charge in [0.25, 0.3) is 11.8 Å². The van der Waals surface area contributed by atoms with Crippen LogP contribution in [-0.4, -0.2) is 28.7 Å². The van der Waals surface area contributed by atoms with Crippen LogP contribution in [0.5, 0.6) is 0 Å². The van der Waals surface area contributed by atoms with Crippen LogP contribution in [0.15, 0.2) is 24.3 Å². The summed E-state index contributed by atoms with van der Waals surface area (Å²) in [6, 6.07) is 5.65. The molecule has 0 saturated carbocycles. The van der Waals surface area contributed by atoms with Crippen LogP contribution in [0.3, 0.4) is 0 Å². The third kappa shape index (κ3) is 3.75. The first kappa shape index (κ1) is 19.6. The number of benzene rings is 1. The summed E-state index contributed by atoms with van der Waals surface area (Å²) in [5, 5.41) is 2.20. The number of carbonyl (C=O) groups is 4. The molecule has 2 rings (SSSR count). The van der Waals surface area contributed by atoms with Crippen molar-refractivity contribution in [2.75, 3.05) is 0 Å². The van der Waals surface area contributed by atoms with E-state index < -0.39 is 29.2 Å². The van der Waals surface area contributed by atoms with E-state index in [0.717, 1.165) is 3.57 Å². The van der Waals surface area contributed by atoms with Crippen molar-refractivity contribution in [2.24, 2.45) is 11.3 Å². The topological polar surface area (TPSA) is 83.6 Å². The van der Waals surface area contributed by atoms with Crippen LogP contribution < -0.4 is 5.32 Å². The van der Waals surface area contributed by atoms with Crippen LogP contribution in [0, 0.1) is 14.9 Å². The Bertz CT molecular complexity index is 732. The van der Waals surface area contributed by atoms with Crippen molar-refractivity contribution in [3.63, 3.8) is 0 Å². The van der Waals surface area contributed by atoms with Crippen LogP contribution in [0.1, 0.15) is 50.4 Å². The number of halogens is 1. The van der Waals surface area contributed by atoms with Crippen molar-refractivity contribution < 1.29 is 19.2 Å². The van der Waals surface area contributed by atoms with Gasteiger partial charge in [0, 0.05) is 9.13 Å². The lowest BCUT2D eigenvalue weighted by Crippen LogP contribution is -2.65. The summed E-state index contributed by atoms with van der Waals surface area (Å²) in [4.78, 5) is 51.0. The van der Waals surface area contributed by atoms with E-state index in [4.69, 9.17) is 0 Å². The molecule has 25 heavy (non-hydrogen) atoms. The zero-order chi connectivity index (χ0) is 18.8. The smallest absolute Gasteiger partial charge is 0.276 e. The van der Waals surface area contributed by atoms with E-state index in [1.165, 1.54) is 0 Å². The monoisotopic (exact) mass is 456 g/mol. The second-order valence-electron chi connectivity index (χ2n) is 6.58. The molecule has 1 aliphatic rings. The summed E-state index contributed by atoms with van der Waals surface area (Å²) in [5.41, 5.74) is -1.14. The minimum absolute atomic E-state index is 0.230. The molecule has 1 heterocycles. The second-order valence-corrected chi connectivity index (χ2v) is 7.83. The lowest BCUT2D eigenvalue weighted by Gasteiger charge is -2.38. The zero-order valence-corrected chi connectivity index (χ0v) is 16.6. The van der Waals surface area contributed by atoms with Gasteiger partial charge in [-0.2, -0.15) is 4.90 Å². The first-order valence-corrected chi connectivity index (χ1v) is 9.30. The Kier molecular flexibility index (Phi) is 5.97. The maximum atomic E-state index is 13.0. The molecule has 1 fully saturated rings. The van der Waals surface area contributed by atoms with Gasteiger partial charge in [-0.25, -0.2) is 4.79 Å². The predicted molar refractivity (Wildman–Crippen MR) is 101 cm³/mol. The first-order chi connectivity index (χ1) is 11.7. The van der Waals surface area contributed by atoms with Gasteiger partial charge in [0.15, 0.2) is 0 Å². The highest BCUT2D eigenvalue weighted by Gasteiger charge is 2.54. The summed E-state index contributed by atoms with van der Waals surface area (Å²) in [6.07, 6.45) is 1.18. The van der Waals surface area contributed by atoms with Crippen molar-refractivity contribution in [2.45, 2.75) is 40.0 Å². The summed E-state index contributed by atoms with van der Waals surface area (Å²) in [7, 11) is 0. The molecule has 1 N–H and O–H groups in total. The molecular weight excluding hydrogens is 435 g/mol. The van der Waals surface area contributed by atoms with E-state index in [0.29, 0.717) is 23.7 Å². The summed E-state index contributed by atoms with van der Waals surface area (Å²) in [6.45, 7) is 5.71. The quantitative estimate of drug-likeness (QED) is 0.419. The average molecular weight is 456 g/mol. The largest absolute Gasteiger partial charge is 0.338 e. The van der Waals surface area contributed by atoms with Gasteiger partial charge in [-0.05, 0) is 66.0 Å². The Balaban J connectivity index is 2.40. The molecule has 1 unspecified atom stereocenters. The second kappa shape index (κ2) is 7.63. The van der Waals surface area contributed by atoms with Gasteiger partial charge in [-0.15, -0.1) is 0 Å². The van der Waals surface area contributed by atoms with Crippen LogP contribution >= 0.6 is 22.6 Å². The molecule has 0 bridgehead atoms. The fourth-order valence-corrected chi connectivity index (χ4v) is 3.40. The Morgan fingerprint density at radius 1 is 1.28 bits per heavy atom. The summed E-state index contributed by atoms with van der Waals surface area (Å²) < 4.78 is 0.811. The number of urea groups is 1. The maximum absolute atomic E-state index is 13.0. The fraction of sp³-hybridized carbons (Fsp3) is 0.444. The number of imide groups is 4. The molecule has 0 aromatic heterocycles. The van der Waals surface area contributed by atoms with Crippen LogP contribution in [0.25, 0.3) is 0 Å². The van der Waals surface area contributed by atoms with Crippen LogP contribution in [0.2, 0.25) is 0 Å². The van der Waals surface area contributed by atoms with Gasteiger partial charge in [0.05, 0.1) is 0 Å². The Hall–Kier alpha value is -1.77. The predicted octanol–water partition coefficient (Wildman–Crippen LogP) is 3.34. The molecule has 1 aromatic rings. The van der Waals surface area contributed by atoms with E-state index in [2.05, 4.69) is 5.32 Å². The lowest BCUT2D eigenvalue weighted by atomic mass is 9.75. The molecule has 0 radical (unpaired) electrons. The minimum Gasteiger partial charge on any atom is -0.276 e. The normalized spacial score (nSPS) is 20.8. The van der Waals surface area contributed by atoms with Gasteiger partial charge in [0.1, 0.15) is 5.41 Å². The van der Waals surface area contributed by atoms with E-state index in [1.807, 2.05) is 36.4 Å². The summed E-state index contributed by atoms with van der Waals surface area (Å²) >= 11 is 2.05. The van der Waals surface area contributed by atoms with Crippen LogP contribution in [-0.2, 0) is 9.59 Å². The van der Waals surface area contributed by atoms with Crippen LogP contribution in [0.4, 0.5) is 4.79 Å². The number of nitrogens with zero attached hydrogens (tertiary/aromatic N) is 1. The molecule has 1 aromatic carbocycles. The molecule has 1 aliphatic heterocycles. The molecule has 6 nitrogen and oxygen atoms in total. The van der Waals surface area contributed by atoms with E-state index in [-0.39, 0.29) is 12.0 Å². The van der Waals surface area contributed by atoms with Gasteiger partial charge < -0.3 is 0 Å². The highest BCUT2D eigenvalue weighted by molar-refractivity contribution is 14.1. The number of rotatable bonds is 5. The number of barbiturate groups is 1. The van der Waals surface area contributed by atoms with Crippen molar-refractivity contribution >= 4 is 46.3 Å². The maximum Gasteiger partial charge on any atom is 0.338 e. The van der Waals surface area contributed by atoms with Gasteiger partial charge >= 0.3 is 6.03 Å². The number of hydrogen-bond acceptors (Lipinski definition) is 4. The number of amides is 5. The Morgan fingerprint density at radius 2 is 1.96 bits per heavy atom. The molecular formula is C18H21IN2O4. The third-order valence-corrected chi connectivity index (χ3v) is 5.17. The highest BCUT2D eigenvalue weighted by Crippen LogP contribution is 2.35. The number of hydrogen-bond donors (Lipinski definition) is 1. The standard InChI is InChI=1S/C18H21IN2O4/c1-4-18(9-8-11(2)3)15(23)20-17(25)21(16(18)24)14(22)12-6-5-7-13(19)10-12/h5-7,10-11H,4,8-9H2,1-3H3,(H,20,23,25).